The number of benzene rings is 2. The fourth-order valence-corrected chi connectivity index (χ4v) is 3.18. The van der Waals surface area contributed by atoms with E-state index in [1.807, 2.05) is 38.1 Å². The van der Waals surface area contributed by atoms with Gasteiger partial charge < -0.3 is 0 Å². The SMILES string of the molecule is Cc1ccc(Cn2nc(C(F)=Cc3ccc(SC(F)(F)F)cc3)cc2C)cc1. The Morgan fingerprint density at radius 2 is 1.68 bits per heavy atom. The van der Waals surface area contributed by atoms with Crippen molar-refractivity contribution in [2.75, 3.05) is 0 Å². The normalized spacial score (nSPS) is 12.4. The van der Waals surface area contributed by atoms with E-state index in [9.17, 15) is 17.6 Å². The third-order valence-corrected chi connectivity index (χ3v) is 4.83. The Morgan fingerprint density at radius 1 is 1.04 bits per heavy atom. The van der Waals surface area contributed by atoms with Gasteiger partial charge in [0.2, 0.25) is 0 Å². The highest BCUT2D eigenvalue weighted by atomic mass is 32.2. The van der Waals surface area contributed by atoms with Crippen LogP contribution in [0.3, 0.4) is 0 Å². The van der Waals surface area contributed by atoms with E-state index < -0.39 is 11.3 Å². The summed E-state index contributed by atoms with van der Waals surface area (Å²) in [5.41, 5.74) is -0.644. The van der Waals surface area contributed by atoms with Gasteiger partial charge in [-0.2, -0.15) is 18.3 Å². The van der Waals surface area contributed by atoms with Crippen molar-refractivity contribution in [2.24, 2.45) is 0 Å². The minimum absolute atomic E-state index is 0.0586. The van der Waals surface area contributed by atoms with Gasteiger partial charge in [-0.3, -0.25) is 4.68 Å². The van der Waals surface area contributed by atoms with Crippen molar-refractivity contribution in [3.63, 3.8) is 0 Å². The van der Waals surface area contributed by atoms with Crippen LogP contribution in [0.5, 0.6) is 0 Å². The van der Waals surface area contributed by atoms with Crippen molar-refractivity contribution in [2.45, 2.75) is 30.8 Å². The molecule has 2 aromatic carbocycles. The Bertz CT molecular complexity index is 971. The first-order valence-electron chi connectivity index (χ1n) is 8.53. The van der Waals surface area contributed by atoms with Crippen molar-refractivity contribution >= 4 is 23.7 Å². The quantitative estimate of drug-likeness (QED) is 0.350. The number of hydrogen-bond donors (Lipinski definition) is 0. The molecule has 0 N–H and O–H groups in total. The summed E-state index contributed by atoms with van der Waals surface area (Å²) in [6, 6.07) is 15.2. The van der Waals surface area contributed by atoms with Gasteiger partial charge in [-0.25, -0.2) is 4.39 Å². The van der Waals surface area contributed by atoms with Crippen molar-refractivity contribution in [1.29, 1.82) is 0 Å². The molecule has 0 aliphatic heterocycles. The Kier molecular flexibility index (Phi) is 5.93. The van der Waals surface area contributed by atoms with Crippen LogP contribution in [-0.2, 0) is 6.54 Å². The van der Waals surface area contributed by atoms with Crippen molar-refractivity contribution in [3.05, 3.63) is 82.7 Å². The third kappa shape index (κ3) is 5.48. The maximum atomic E-state index is 14.6. The zero-order chi connectivity index (χ0) is 20.3. The molecule has 3 aromatic rings. The first kappa shape index (κ1) is 20.2. The summed E-state index contributed by atoms with van der Waals surface area (Å²) in [7, 11) is 0. The molecule has 28 heavy (non-hydrogen) atoms. The molecule has 0 saturated carbocycles. The average Bonchev–Trinajstić information content (AvgIpc) is 2.98. The molecule has 0 spiro atoms. The van der Waals surface area contributed by atoms with Crippen molar-refractivity contribution in [1.82, 2.24) is 9.78 Å². The van der Waals surface area contributed by atoms with Gasteiger partial charge in [0.15, 0.2) is 5.83 Å². The predicted molar refractivity (Wildman–Crippen MR) is 105 cm³/mol. The average molecular weight is 406 g/mol. The number of nitrogens with zero attached hydrogens (tertiary/aromatic N) is 2. The molecule has 2 nitrogen and oxygen atoms in total. The van der Waals surface area contributed by atoms with Gasteiger partial charge in [0, 0.05) is 10.6 Å². The molecule has 146 valence electrons. The molecule has 3 rings (SSSR count). The summed E-state index contributed by atoms with van der Waals surface area (Å²) >= 11 is -0.198. The van der Waals surface area contributed by atoms with E-state index >= 15 is 0 Å². The number of rotatable bonds is 5. The van der Waals surface area contributed by atoms with Crippen LogP contribution in [0.25, 0.3) is 11.9 Å². The molecule has 0 fully saturated rings. The second kappa shape index (κ2) is 8.22. The van der Waals surface area contributed by atoms with Crippen molar-refractivity contribution < 1.29 is 17.6 Å². The lowest BCUT2D eigenvalue weighted by Crippen LogP contribution is -2.04. The number of aromatic nitrogens is 2. The zero-order valence-electron chi connectivity index (χ0n) is 15.3. The smallest absolute Gasteiger partial charge is 0.265 e. The lowest BCUT2D eigenvalue weighted by Gasteiger charge is -2.05. The van der Waals surface area contributed by atoms with Gasteiger partial charge in [0.05, 0.1) is 6.54 Å². The Morgan fingerprint density at radius 3 is 2.29 bits per heavy atom. The second-order valence-corrected chi connectivity index (χ2v) is 7.56. The van der Waals surface area contributed by atoms with E-state index in [4.69, 9.17) is 0 Å². The van der Waals surface area contributed by atoms with E-state index in [0.717, 1.165) is 16.8 Å². The second-order valence-electron chi connectivity index (χ2n) is 6.42. The number of thioether (sulfide) groups is 1. The van der Waals surface area contributed by atoms with Crippen LogP contribution in [0.4, 0.5) is 17.6 Å². The lowest BCUT2D eigenvalue weighted by atomic mass is 10.1. The molecule has 1 aromatic heterocycles. The highest BCUT2D eigenvalue weighted by Crippen LogP contribution is 2.36. The lowest BCUT2D eigenvalue weighted by molar-refractivity contribution is -0.0328. The molecule has 0 aliphatic rings. The van der Waals surface area contributed by atoms with Crippen LogP contribution in [0.15, 0.2) is 59.5 Å². The van der Waals surface area contributed by atoms with Crippen molar-refractivity contribution in [3.8, 4) is 0 Å². The van der Waals surface area contributed by atoms with E-state index in [-0.39, 0.29) is 22.4 Å². The zero-order valence-corrected chi connectivity index (χ0v) is 16.1. The summed E-state index contributed by atoms with van der Waals surface area (Å²) in [6.07, 6.45) is 1.26. The van der Waals surface area contributed by atoms with Gasteiger partial charge in [-0.1, -0.05) is 42.0 Å². The molecule has 0 amide bonds. The van der Waals surface area contributed by atoms with Gasteiger partial charge in [-0.05, 0) is 61.0 Å². The monoisotopic (exact) mass is 406 g/mol. The highest BCUT2D eigenvalue weighted by Gasteiger charge is 2.28. The Balaban J connectivity index is 1.75. The summed E-state index contributed by atoms with van der Waals surface area (Å²) in [5.74, 6) is -0.540. The molecule has 0 radical (unpaired) electrons. The van der Waals surface area contributed by atoms with Gasteiger partial charge in [0.1, 0.15) is 5.69 Å². The molecule has 0 aliphatic carbocycles. The van der Waals surface area contributed by atoms with Crippen LogP contribution in [0.1, 0.15) is 28.1 Å². The number of aryl methyl sites for hydroxylation is 2. The van der Waals surface area contributed by atoms with E-state index in [2.05, 4.69) is 5.10 Å². The standard InChI is InChI=1S/C21H18F4N2S/c1-14-3-5-17(6-4-14)13-27-15(2)11-20(26-27)19(22)12-16-7-9-18(10-8-16)28-21(23,24)25/h3-12H,13H2,1-2H3. The molecule has 0 atom stereocenters. The summed E-state index contributed by atoms with van der Waals surface area (Å²) in [6.45, 7) is 4.39. The topological polar surface area (TPSA) is 17.8 Å². The fraction of sp³-hybridized carbons (Fsp3) is 0.190. The maximum absolute atomic E-state index is 14.6. The molecule has 0 bridgehead atoms. The Hall–Kier alpha value is -2.54. The van der Waals surface area contributed by atoms with Gasteiger partial charge in [-0.15, -0.1) is 0 Å². The minimum Gasteiger partial charge on any atom is -0.265 e. The molecular formula is C21H18F4N2S. The predicted octanol–water partition coefficient (Wildman–Crippen LogP) is 6.63. The fourth-order valence-electron chi connectivity index (χ4n) is 2.64. The summed E-state index contributed by atoms with van der Waals surface area (Å²) in [4.78, 5) is 0.0586. The molecule has 0 unspecified atom stereocenters. The number of hydrogen-bond acceptors (Lipinski definition) is 2. The van der Waals surface area contributed by atoms with E-state index in [0.29, 0.717) is 12.1 Å². The van der Waals surface area contributed by atoms with Crippen LogP contribution in [-0.4, -0.2) is 15.3 Å². The summed E-state index contributed by atoms with van der Waals surface area (Å²) < 4.78 is 53.4. The Labute approximate surface area is 164 Å². The van der Waals surface area contributed by atoms with E-state index in [1.54, 1.807) is 10.7 Å². The first-order valence-corrected chi connectivity index (χ1v) is 9.35. The van der Waals surface area contributed by atoms with Crippen LogP contribution in [0, 0.1) is 13.8 Å². The van der Waals surface area contributed by atoms with Gasteiger partial charge >= 0.3 is 5.51 Å². The molecular weight excluding hydrogens is 388 g/mol. The van der Waals surface area contributed by atoms with Crippen LogP contribution < -0.4 is 0 Å². The first-order chi connectivity index (χ1) is 13.2. The summed E-state index contributed by atoms with van der Waals surface area (Å²) in [5, 5.41) is 4.31. The molecule has 0 saturated heterocycles. The van der Waals surface area contributed by atoms with E-state index in [1.165, 1.54) is 30.3 Å². The molecule has 1 heterocycles. The highest BCUT2D eigenvalue weighted by molar-refractivity contribution is 8.00. The third-order valence-electron chi connectivity index (χ3n) is 4.09. The largest absolute Gasteiger partial charge is 0.446 e. The number of alkyl halides is 3. The van der Waals surface area contributed by atoms with Crippen LogP contribution in [0.2, 0.25) is 0 Å². The number of halogens is 4. The maximum Gasteiger partial charge on any atom is 0.446 e. The van der Waals surface area contributed by atoms with Gasteiger partial charge in [0.25, 0.3) is 0 Å². The molecule has 7 heteroatoms. The van der Waals surface area contributed by atoms with Crippen LogP contribution >= 0.6 is 11.8 Å². The minimum atomic E-state index is -4.34.